The average Bonchev–Trinajstić information content (AvgIpc) is 2.54. The van der Waals surface area contributed by atoms with E-state index in [0.29, 0.717) is 18.9 Å². The first-order chi connectivity index (χ1) is 10.7. The summed E-state index contributed by atoms with van der Waals surface area (Å²) in [5.74, 6) is 0.168. The molecule has 3 N–H and O–H groups in total. The maximum absolute atomic E-state index is 13.6. The molecule has 5 heteroatoms. The summed E-state index contributed by atoms with van der Waals surface area (Å²) in [6.07, 6.45) is 0.476. The van der Waals surface area contributed by atoms with Crippen molar-refractivity contribution in [3.63, 3.8) is 0 Å². The van der Waals surface area contributed by atoms with E-state index < -0.39 is 0 Å². The fourth-order valence-corrected chi connectivity index (χ4v) is 1.88. The predicted octanol–water partition coefficient (Wildman–Crippen LogP) is 3.41. The van der Waals surface area contributed by atoms with Gasteiger partial charge in [0.2, 0.25) is 0 Å². The normalized spacial score (nSPS) is 12.7. The maximum Gasteiger partial charge on any atom is 0.193 e. The largest absolute Gasteiger partial charge is 0.485 e. The third kappa shape index (κ3) is 4.77. The van der Waals surface area contributed by atoms with Gasteiger partial charge in [0.1, 0.15) is 6.10 Å². The van der Waals surface area contributed by atoms with Crippen molar-refractivity contribution in [3.8, 4) is 5.75 Å². The lowest BCUT2D eigenvalue weighted by atomic mass is 10.2. The summed E-state index contributed by atoms with van der Waals surface area (Å²) < 4.78 is 19.2. The highest BCUT2D eigenvalue weighted by Crippen LogP contribution is 2.18. The molecule has 2 aromatic carbocycles. The summed E-state index contributed by atoms with van der Waals surface area (Å²) in [5.41, 5.74) is 6.71. The van der Waals surface area contributed by atoms with Gasteiger partial charge in [0.15, 0.2) is 17.5 Å². The molecule has 0 aliphatic carbocycles. The number of rotatable bonds is 6. The van der Waals surface area contributed by atoms with E-state index in [0.717, 1.165) is 5.69 Å². The van der Waals surface area contributed by atoms with Crippen LogP contribution in [0.1, 0.15) is 13.3 Å². The van der Waals surface area contributed by atoms with Gasteiger partial charge in [-0.25, -0.2) is 9.38 Å². The number of hydrogen-bond acceptors (Lipinski definition) is 2. The van der Waals surface area contributed by atoms with Gasteiger partial charge in [-0.15, -0.1) is 0 Å². The molecule has 1 atom stereocenters. The highest BCUT2D eigenvalue weighted by atomic mass is 19.1. The van der Waals surface area contributed by atoms with Crippen LogP contribution in [0.3, 0.4) is 0 Å². The molecule has 2 aromatic rings. The Morgan fingerprint density at radius 2 is 1.86 bits per heavy atom. The lowest BCUT2D eigenvalue weighted by Crippen LogP contribution is -2.26. The number of nitrogens with two attached hydrogens (primary N) is 1. The molecule has 22 heavy (non-hydrogen) atoms. The number of nitrogens with one attached hydrogen (secondary N) is 1. The topological polar surface area (TPSA) is 59.6 Å². The van der Waals surface area contributed by atoms with E-state index in [2.05, 4.69) is 10.3 Å². The molecule has 1 unspecified atom stereocenters. The maximum atomic E-state index is 13.6. The molecule has 0 bridgehead atoms. The molecule has 0 amide bonds. The Morgan fingerprint density at radius 1 is 1.18 bits per heavy atom. The summed E-state index contributed by atoms with van der Waals surface area (Å²) in [7, 11) is 0. The summed E-state index contributed by atoms with van der Waals surface area (Å²) in [5, 5.41) is 2.99. The summed E-state index contributed by atoms with van der Waals surface area (Å²) >= 11 is 0. The Kier molecular flexibility index (Phi) is 5.77. The van der Waals surface area contributed by atoms with Gasteiger partial charge in [-0.3, -0.25) is 0 Å². The average molecular weight is 301 g/mol. The highest BCUT2D eigenvalue weighted by molar-refractivity contribution is 5.92. The Hall–Kier alpha value is -2.56. The molecule has 0 aromatic heterocycles. The first-order valence-electron chi connectivity index (χ1n) is 7.22. The van der Waals surface area contributed by atoms with Gasteiger partial charge in [0.05, 0.1) is 6.54 Å². The van der Waals surface area contributed by atoms with Crippen molar-refractivity contribution in [2.24, 2.45) is 10.7 Å². The molecule has 2 rings (SSSR count). The molecule has 116 valence electrons. The van der Waals surface area contributed by atoms with Crippen LogP contribution in [0.25, 0.3) is 0 Å². The first kappa shape index (κ1) is 15.8. The SMILES string of the molecule is CCC(CN=C(N)Nc1ccccc1)Oc1ccccc1F. The molecule has 0 spiro atoms. The second-order valence-electron chi connectivity index (χ2n) is 4.80. The van der Waals surface area contributed by atoms with Gasteiger partial charge in [-0.2, -0.15) is 0 Å². The number of ether oxygens (including phenoxy) is 1. The van der Waals surface area contributed by atoms with Gasteiger partial charge < -0.3 is 15.8 Å². The highest BCUT2D eigenvalue weighted by Gasteiger charge is 2.10. The minimum atomic E-state index is -0.375. The summed E-state index contributed by atoms with van der Waals surface area (Å²) in [6, 6.07) is 15.9. The van der Waals surface area contributed by atoms with Gasteiger partial charge in [0.25, 0.3) is 0 Å². The van der Waals surface area contributed by atoms with Crippen molar-refractivity contribution >= 4 is 11.6 Å². The number of hydrogen-bond donors (Lipinski definition) is 2. The number of nitrogens with zero attached hydrogens (tertiary/aromatic N) is 1. The van der Waals surface area contributed by atoms with Crippen molar-refractivity contribution < 1.29 is 9.13 Å². The first-order valence-corrected chi connectivity index (χ1v) is 7.22. The fraction of sp³-hybridized carbons (Fsp3) is 0.235. The van der Waals surface area contributed by atoms with Crippen LogP contribution in [0.2, 0.25) is 0 Å². The summed E-state index contributed by atoms with van der Waals surface area (Å²) in [4.78, 5) is 4.25. The monoisotopic (exact) mass is 301 g/mol. The quantitative estimate of drug-likeness (QED) is 0.635. The second-order valence-corrected chi connectivity index (χ2v) is 4.80. The van der Waals surface area contributed by atoms with E-state index in [1.54, 1.807) is 18.2 Å². The van der Waals surface area contributed by atoms with Crippen molar-refractivity contribution in [2.45, 2.75) is 19.4 Å². The predicted molar refractivity (Wildman–Crippen MR) is 87.7 cm³/mol. The van der Waals surface area contributed by atoms with Crippen molar-refractivity contribution in [3.05, 3.63) is 60.4 Å². The number of anilines is 1. The molecule has 0 heterocycles. The Bertz CT molecular complexity index is 616. The van der Waals surface area contributed by atoms with Crippen molar-refractivity contribution in [1.29, 1.82) is 0 Å². The van der Waals surface area contributed by atoms with E-state index in [9.17, 15) is 4.39 Å². The zero-order chi connectivity index (χ0) is 15.8. The zero-order valence-corrected chi connectivity index (χ0v) is 12.5. The van der Waals surface area contributed by atoms with Crippen LogP contribution < -0.4 is 15.8 Å². The van der Waals surface area contributed by atoms with Crippen molar-refractivity contribution in [1.82, 2.24) is 0 Å². The molecule has 0 radical (unpaired) electrons. The molecule has 0 saturated heterocycles. The van der Waals surface area contributed by atoms with Crippen LogP contribution in [-0.4, -0.2) is 18.6 Å². The Morgan fingerprint density at radius 3 is 2.55 bits per heavy atom. The van der Waals surface area contributed by atoms with E-state index in [1.165, 1.54) is 6.07 Å². The van der Waals surface area contributed by atoms with Crippen LogP contribution in [0, 0.1) is 5.82 Å². The van der Waals surface area contributed by atoms with Crippen LogP contribution in [-0.2, 0) is 0 Å². The molecule has 4 nitrogen and oxygen atoms in total. The van der Waals surface area contributed by atoms with E-state index >= 15 is 0 Å². The number of benzene rings is 2. The third-order valence-corrected chi connectivity index (χ3v) is 3.10. The molecule has 0 aliphatic heterocycles. The molecule has 0 saturated carbocycles. The smallest absolute Gasteiger partial charge is 0.193 e. The van der Waals surface area contributed by atoms with Crippen LogP contribution in [0.5, 0.6) is 5.75 Å². The Labute approximate surface area is 129 Å². The minimum Gasteiger partial charge on any atom is -0.485 e. The number of aliphatic imine (C=N–C) groups is 1. The van der Waals surface area contributed by atoms with E-state index in [-0.39, 0.29) is 17.7 Å². The van der Waals surface area contributed by atoms with E-state index in [4.69, 9.17) is 10.5 Å². The van der Waals surface area contributed by atoms with Crippen LogP contribution >= 0.6 is 0 Å². The van der Waals surface area contributed by atoms with Gasteiger partial charge in [-0.05, 0) is 30.7 Å². The van der Waals surface area contributed by atoms with Crippen molar-refractivity contribution in [2.75, 3.05) is 11.9 Å². The number of halogens is 1. The molecular formula is C17H20FN3O. The fourth-order valence-electron chi connectivity index (χ4n) is 1.88. The summed E-state index contributed by atoms with van der Waals surface area (Å²) in [6.45, 7) is 2.32. The van der Waals surface area contributed by atoms with Gasteiger partial charge in [-0.1, -0.05) is 37.3 Å². The van der Waals surface area contributed by atoms with Crippen LogP contribution in [0.4, 0.5) is 10.1 Å². The number of guanidine groups is 1. The zero-order valence-electron chi connectivity index (χ0n) is 12.5. The Balaban J connectivity index is 1.92. The molecule has 0 aliphatic rings. The van der Waals surface area contributed by atoms with E-state index in [1.807, 2.05) is 37.3 Å². The lowest BCUT2D eigenvalue weighted by Gasteiger charge is -2.16. The minimum absolute atomic E-state index is 0.229. The van der Waals surface area contributed by atoms with Gasteiger partial charge in [0, 0.05) is 5.69 Å². The molecule has 0 fully saturated rings. The lowest BCUT2D eigenvalue weighted by molar-refractivity contribution is 0.197. The molecular weight excluding hydrogens is 281 g/mol. The standard InChI is InChI=1S/C17H20FN3O/c1-2-14(22-16-11-7-6-10-15(16)18)12-20-17(19)21-13-8-4-3-5-9-13/h3-11,14H,2,12H2,1H3,(H3,19,20,21). The van der Waals surface area contributed by atoms with Gasteiger partial charge >= 0.3 is 0 Å². The third-order valence-electron chi connectivity index (χ3n) is 3.10. The second kappa shape index (κ2) is 8.02. The number of para-hydroxylation sites is 2. The van der Waals surface area contributed by atoms with Crippen LogP contribution in [0.15, 0.2) is 59.6 Å².